The highest BCUT2D eigenvalue weighted by Crippen LogP contribution is 2.16. The second-order valence-electron chi connectivity index (χ2n) is 5.35. The minimum atomic E-state index is 0.253. The lowest BCUT2D eigenvalue weighted by Gasteiger charge is -2.21. The Morgan fingerprint density at radius 3 is 2.67 bits per heavy atom. The Balaban J connectivity index is 2.17. The van der Waals surface area contributed by atoms with E-state index in [4.69, 9.17) is 0 Å². The summed E-state index contributed by atoms with van der Waals surface area (Å²) in [6, 6.07) is 4.37. The fraction of sp³-hybridized carbons (Fsp3) is 0.692. The minimum Gasteiger partial charge on any atom is -0.312 e. The summed E-state index contributed by atoms with van der Waals surface area (Å²) in [5, 5.41) is 5.70. The molecule has 0 aromatic carbocycles. The fourth-order valence-corrected chi connectivity index (χ4v) is 2.44. The molecule has 0 aliphatic rings. The summed E-state index contributed by atoms with van der Waals surface area (Å²) in [6.07, 6.45) is 2.48. The fourth-order valence-electron chi connectivity index (χ4n) is 1.57. The molecular formula is C13H23NS. The molecule has 0 radical (unpaired) electrons. The van der Waals surface area contributed by atoms with E-state index < -0.39 is 0 Å². The topological polar surface area (TPSA) is 12.0 Å². The lowest BCUT2D eigenvalue weighted by Crippen LogP contribution is -2.36. The first kappa shape index (κ1) is 12.7. The van der Waals surface area contributed by atoms with Crippen LogP contribution in [0.1, 0.15) is 39.0 Å². The molecule has 0 fully saturated rings. The molecule has 1 N–H and O–H groups in total. The average molecular weight is 225 g/mol. The minimum absolute atomic E-state index is 0.253. The van der Waals surface area contributed by atoms with E-state index in [2.05, 4.69) is 50.5 Å². The first-order valence-electron chi connectivity index (χ1n) is 5.75. The second-order valence-corrected chi connectivity index (χ2v) is 6.39. The van der Waals surface area contributed by atoms with E-state index in [0.717, 1.165) is 12.5 Å². The maximum Gasteiger partial charge on any atom is 0.00965 e. The largest absolute Gasteiger partial charge is 0.312 e. The summed E-state index contributed by atoms with van der Waals surface area (Å²) < 4.78 is 0. The summed E-state index contributed by atoms with van der Waals surface area (Å²) in [5.41, 5.74) is 0.253. The van der Waals surface area contributed by atoms with Crippen molar-refractivity contribution in [1.82, 2.24) is 5.32 Å². The number of hydrogen-bond acceptors (Lipinski definition) is 2. The van der Waals surface area contributed by atoms with Crippen molar-refractivity contribution < 1.29 is 0 Å². The molecule has 86 valence electrons. The lowest BCUT2D eigenvalue weighted by atomic mass is 10.0. The molecule has 1 aromatic rings. The van der Waals surface area contributed by atoms with Gasteiger partial charge in [0.2, 0.25) is 0 Å². The monoisotopic (exact) mass is 225 g/mol. The van der Waals surface area contributed by atoms with Crippen molar-refractivity contribution in [3.63, 3.8) is 0 Å². The van der Waals surface area contributed by atoms with Crippen molar-refractivity contribution in [2.45, 2.75) is 46.1 Å². The summed E-state index contributed by atoms with van der Waals surface area (Å²) in [5.74, 6) is 0.776. The normalized spacial score (nSPS) is 14.1. The molecule has 1 aromatic heterocycles. The number of nitrogens with one attached hydrogen (secondary N) is 1. The zero-order chi connectivity index (χ0) is 11.3. The average Bonchev–Trinajstić information content (AvgIpc) is 2.54. The van der Waals surface area contributed by atoms with Crippen LogP contribution in [0, 0.1) is 5.92 Å². The summed E-state index contributed by atoms with van der Waals surface area (Å²) in [4.78, 5) is 1.51. The third-order valence-corrected chi connectivity index (χ3v) is 3.32. The predicted octanol–water partition coefficient (Wildman–Crippen LogP) is 3.70. The predicted molar refractivity (Wildman–Crippen MR) is 69.6 cm³/mol. The molecule has 0 bridgehead atoms. The van der Waals surface area contributed by atoms with Crippen LogP contribution in [0.2, 0.25) is 0 Å². The van der Waals surface area contributed by atoms with Gasteiger partial charge in [-0.05, 0) is 57.5 Å². The molecule has 1 heterocycles. The molecule has 2 heteroatoms. The van der Waals surface area contributed by atoms with E-state index in [1.807, 2.05) is 11.3 Å². The molecule has 0 amide bonds. The number of rotatable bonds is 5. The molecule has 0 aliphatic heterocycles. The molecule has 1 unspecified atom stereocenters. The Hall–Kier alpha value is -0.340. The molecular weight excluding hydrogens is 202 g/mol. The van der Waals surface area contributed by atoms with Crippen molar-refractivity contribution in [3.8, 4) is 0 Å². The second kappa shape index (κ2) is 5.66. The van der Waals surface area contributed by atoms with E-state index >= 15 is 0 Å². The van der Waals surface area contributed by atoms with Crippen LogP contribution in [0.3, 0.4) is 0 Å². The highest BCUT2D eigenvalue weighted by molar-refractivity contribution is 7.09. The highest BCUT2D eigenvalue weighted by atomic mass is 32.1. The molecule has 0 spiro atoms. The Kier molecular flexibility index (Phi) is 4.81. The molecule has 0 saturated heterocycles. The van der Waals surface area contributed by atoms with Gasteiger partial charge in [-0.25, -0.2) is 0 Å². The maximum atomic E-state index is 3.54. The molecule has 0 saturated carbocycles. The van der Waals surface area contributed by atoms with Crippen molar-refractivity contribution >= 4 is 11.3 Å². The van der Waals surface area contributed by atoms with E-state index in [9.17, 15) is 0 Å². The van der Waals surface area contributed by atoms with Crippen molar-refractivity contribution in [1.29, 1.82) is 0 Å². The van der Waals surface area contributed by atoms with Gasteiger partial charge in [0.05, 0.1) is 0 Å². The van der Waals surface area contributed by atoms with Gasteiger partial charge in [0, 0.05) is 10.4 Å². The van der Waals surface area contributed by atoms with Gasteiger partial charge < -0.3 is 5.32 Å². The quantitative estimate of drug-likeness (QED) is 0.805. The van der Waals surface area contributed by atoms with Gasteiger partial charge >= 0.3 is 0 Å². The van der Waals surface area contributed by atoms with Gasteiger partial charge in [-0.1, -0.05) is 13.0 Å². The first-order valence-corrected chi connectivity index (χ1v) is 6.63. The van der Waals surface area contributed by atoms with Crippen molar-refractivity contribution in [3.05, 3.63) is 22.4 Å². The Labute approximate surface area is 97.9 Å². The molecule has 1 nitrogen and oxygen atoms in total. The van der Waals surface area contributed by atoms with E-state index in [0.29, 0.717) is 0 Å². The van der Waals surface area contributed by atoms with Crippen LogP contribution in [0.25, 0.3) is 0 Å². The standard InChI is InChI=1S/C13H23NS/c1-11(7-8-14-13(2,3)4)10-12-6-5-9-15-12/h5-6,9,11,14H,7-8,10H2,1-4H3. The van der Waals surface area contributed by atoms with Crippen LogP contribution in [0.15, 0.2) is 17.5 Å². The maximum absolute atomic E-state index is 3.54. The summed E-state index contributed by atoms with van der Waals surface area (Å²) >= 11 is 1.87. The molecule has 0 aliphatic carbocycles. The van der Waals surface area contributed by atoms with Crippen LogP contribution in [-0.2, 0) is 6.42 Å². The van der Waals surface area contributed by atoms with E-state index in [1.165, 1.54) is 17.7 Å². The van der Waals surface area contributed by atoms with E-state index in [-0.39, 0.29) is 5.54 Å². The SMILES string of the molecule is CC(CCNC(C)(C)C)Cc1cccs1. The third-order valence-electron chi connectivity index (χ3n) is 2.42. The summed E-state index contributed by atoms with van der Waals surface area (Å²) in [6.45, 7) is 10.1. The Morgan fingerprint density at radius 2 is 2.13 bits per heavy atom. The zero-order valence-electron chi connectivity index (χ0n) is 10.3. The van der Waals surface area contributed by atoms with Gasteiger partial charge in [0.15, 0.2) is 0 Å². The number of thiophene rings is 1. The van der Waals surface area contributed by atoms with Gasteiger partial charge in [0.25, 0.3) is 0 Å². The van der Waals surface area contributed by atoms with Crippen LogP contribution in [-0.4, -0.2) is 12.1 Å². The Bertz CT molecular complexity index is 259. The zero-order valence-corrected chi connectivity index (χ0v) is 11.2. The molecule has 15 heavy (non-hydrogen) atoms. The highest BCUT2D eigenvalue weighted by Gasteiger charge is 2.09. The van der Waals surface area contributed by atoms with Gasteiger partial charge in [-0.3, -0.25) is 0 Å². The lowest BCUT2D eigenvalue weighted by molar-refractivity contribution is 0.394. The third kappa shape index (κ3) is 5.95. The first-order chi connectivity index (χ1) is 6.97. The van der Waals surface area contributed by atoms with Gasteiger partial charge in [-0.15, -0.1) is 11.3 Å². The smallest absolute Gasteiger partial charge is 0.00965 e. The van der Waals surface area contributed by atoms with E-state index in [1.54, 1.807) is 0 Å². The molecule has 1 rings (SSSR count). The number of hydrogen-bond donors (Lipinski definition) is 1. The van der Waals surface area contributed by atoms with Crippen LogP contribution >= 0.6 is 11.3 Å². The Morgan fingerprint density at radius 1 is 1.40 bits per heavy atom. The van der Waals surface area contributed by atoms with Gasteiger partial charge in [0.1, 0.15) is 0 Å². The van der Waals surface area contributed by atoms with Crippen LogP contribution < -0.4 is 5.32 Å². The van der Waals surface area contributed by atoms with Crippen LogP contribution in [0.5, 0.6) is 0 Å². The van der Waals surface area contributed by atoms with Crippen molar-refractivity contribution in [2.24, 2.45) is 5.92 Å². The van der Waals surface area contributed by atoms with Gasteiger partial charge in [-0.2, -0.15) is 0 Å². The molecule has 1 atom stereocenters. The van der Waals surface area contributed by atoms with Crippen LogP contribution in [0.4, 0.5) is 0 Å². The van der Waals surface area contributed by atoms with Crippen molar-refractivity contribution in [2.75, 3.05) is 6.54 Å². The summed E-state index contributed by atoms with van der Waals surface area (Å²) in [7, 11) is 0.